The lowest BCUT2D eigenvalue weighted by molar-refractivity contribution is -0.136. The van der Waals surface area contributed by atoms with Crippen LogP contribution in [0.15, 0.2) is 79.0 Å². The maximum absolute atomic E-state index is 10.7. The molecule has 0 saturated carbocycles. The molecule has 8 nitrogen and oxygen atoms in total. The van der Waals surface area contributed by atoms with E-state index in [0.29, 0.717) is 34.4 Å². The second-order valence-corrected chi connectivity index (χ2v) is 9.23. The largest absolute Gasteiger partial charge is 0.493 e. The number of halogens is 1. The number of methoxy groups -OCH3 is 2. The molecule has 1 amide bonds. The van der Waals surface area contributed by atoms with Gasteiger partial charge in [0.15, 0.2) is 11.5 Å². The van der Waals surface area contributed by atoms with Gasteiger partial charge in [0, 0.05) is 40.7 Å². The number of fused-ring (bicyclic) bond motifs is 3. The molecule has 0 unspecified atom stereocenters. The molecule has 39 heavy (non-hydrogen) atoms. The van der Waals surface area contributed by atoms with Gasteiger partial charge in [-0.15, -0.1) is 0 Å². The van der Waals surface area contributed by atoms with E-state index in [9.17, 15) is 9.59 Å². The Bertz CT molecular complexity index is 1430. The molecule has 0 saturated heterocycles. The van der Waals surface area contributed by atoms with Gasteiger partial charge in [-0.05, 0) is 54.1 Å². The normalized spacial score (nSPS) is 13.6. The fraction of sp³-hybridized carbons (Fsp3) is 0.200. The van der Waals surface area contributed by atoms with E-state index >= 15 is 0 Å². The number of nitrogens with one attached hydrogen (secondary N) is 1. The van der Waals surface area contributed by atoms with Crippen molar-refractivity contribution in [3.63, 3.8) is 0 Å². The van der Waals surface area contributed by atoms with Gasteiger partial charge in [0.05, 0.1) is 32.9 Å². The highest BCUT2D eigenvalue weighted by molar-refractivity contribution is 6.30. The van der Waals surface area contributed by atoms with Crippen LogP contribution in [0.5, 0.6) is 11.5 Å². The van der Waals surface area contributed by atoms with Crippen LogP contribution in [-0.4, -0.2) is 35.8 Å². The number of nitrogens with zero attached hydrogens (tertiary/aromatic N) is 1. The molecular weight excluding hydrogens is 520 g/mol. The van der Waals surface area contributed by atoms with Crippen LogP contribution >= 0.6 is 11.6 Å². The number of benzene rings is 3. The third-order valence-electron chi connectivity index (χ3n) is 6.11. The van der Waals surface area contributed by atoms with Gasteiger partial charge in [-0.25, -0.2) is 0 Å². The van der Waals surface area contributed by atoms with Gasteiger partial charge in [-0.3, -0.25) is 9.59 Å². The molecule has 0 spiro atoms. The number of hydrogen-bond acceptors (Lipinski definition) is 5. The van der Waals surface area contributed by atoms with Crippen molar-refractivity contribution < 1.29 is 28.9 Å². The lowest BCUT2D eigenvalue weighted by atomic mass is 9.98. The summed E-state index contributed by atoms with van der Waals surface area (Å²) < 4.78 is 19.5. The molecular formula is C30H29ClN2O6. The van der Waals surface area contributed by atoms with Crippen LogP contribution in [0.25, 0.3) is 5.69 Å². The van der Waals surface area contributed by atoms with E-state index in [1.54, 1.807) is 38.5 Å². The minimum absolute atomic E-state index is 0.000349. The van der Waals surface area contributed by atoms with Crippen LogP contribution in [0.3, 0.4) is 0 Å². The third-order valence-corrected chi connectivity index (χ3v) is 6.34. The van der Waals surface area contributed by atoms with Gasteiger partial charge in [0.1, 0.15) is 6.10 Å². The quantitative estimate of drug-likeness (QED) is 0.305. The summed E-state index contributed by atoms with van der Waals surface area (Å²) in [6.45, 7) is 1.91. The summed E-state index contributed by atoms with van der Waals surface area (Å²) in [5.41, 5.74) is 5.44. The van der Waals surface area contributed by atoms with Crippen LogP contribution < -0.4 is 14.8 Å². The fourth-order valence-electron chi connectivity index (χ4n) is 4.44. The summed E-state index contributed by atoms with van der Waals surface area (Å²) >= 11 is 6.30. The highest BCUT2D eigenvalue weighted by Crippen LogP contribution is 2.43. The van der Waals surface area contributed by atoms with Crippen molar-refractivity contribution in [1.82, 2.24) is 4.57 Å². The molecule has 202 valence electrons. The Hall–Kier alpha value is -4.27. The first-order chi connectivity index (χ1) is 18.8. The summed E-state index contributed by atoms with van der Waals surface area (Å²) in [5, 5.41) is 11.8. The number of aliphatic carboxylic acids is 1. The minimum atomic E-state index is -0.864. The summed E-state index contributed by atoms with van der Waals surface area (Å²) in [6, 6.07) is 22.5. The lowest BCUT2D eigenvalue weighted by Gasteiger charge is -2.22. The van der Waals surface area contributed by atoms with Crippen molar-refractivity contribution >= 4 is 29.2 Å². The molecule has 0 aliphatic carbocycles. The fourth-order valence-corrected chi connectivity index (χ4v) is 4.62. The molecule has 9 heteroatoms. The number of amides is 1. The number of para-hydroxylation sites is 1. The van der Waals surface area contributed by atoms with E-state index in [0.717, 1.165) is 22.5 Å². The highest BCUT2D eigenvalue weighted by Gasteiger charge is 2.28. The number of carbonyl (C=O) groups excluding carboxylic acids is 1. The second kappa shape index (κ2) is 12.5. The zero-order valence-electron chi connectivity index (χ0n) is 21.8. The van der Waals surface area contributed by atoms with Crippen LogP contribution in [0.2, 0.25) is 5.02 Å². The lowest BCUT2D eigenvalue weighted by Crippen LogP contribution is -2.08. The maximum Gasteiger partial charge on any atom is 0.307 e. The minimum Gasteiger partial charge on any atom is -0.493 e. The van der Waals surface area contributed by atoms with Gasteiger partial charge in [0.25, 0.3) is 0 Å². The summed E-state index contributed by atoms with van der Waals surface area (Å²) in [6.07, 6.45) is 1.73. The molecule has 2 N–H and O–H groups in total. The predicted molar refractivity (Wildman–Crippen MR) is 149 cm³/mol. The van der Waals surface area contributed by atoms with Crippen molar-refractivity contribution in [2.45, 2.75) is 26.1 Å². The summed E-state index contributed by atoms with van der Waals surface area (Å²) in [7, 11) is 3.27. The second-order valence-electron chi connectivity index (χ2n) is 8.80. The monoisotopic (exact) mass is 548 g/mol. The average molecular weight is 549 g/mol. The molecule has 0 radical (unpaired) electrons. The molecule has 0 fully saturated rings. The molecule has 3 aromatic carbocycles. The molecule has 0 bridgehead atoms. The Balaban J connectivity index is 0.000000215. The Morgan fingerprint density at radius 2 is 1.79 bits per heavy atom. The van der Waals surface area contributed by atoms with Crippen molar-refractivity contribution in [2.24, 2.45) is 0 Å². The molecule has 4 aromatic rings. The van der Waals surface area contributed by atoms with Gasteiger partial charge in [-0.2, -0.15) is 0 Å². The van der Waals surface area contributed by atoms with Crippen molar-refractivity contribution in [1.29, 1.82) is 0 Å². The Labute approximate surface area is 231 Å². The SMILES string of the molecule is CC(=O)Nc1ccc(CC(=O)O)cc1.COc1cccc([C@H]2OCc3cccn3-c3ccc(Cl)cc32)c1OC. The third kappa shape index (κ3) is 6.60. The first-order valence-corrected chi connectivity index (χ1v) is 12.6. The van der Waals surface area contributed by atoms with Crippen LogP contribution in [0, 0.1) is 0 Å². The maximum atomic E-state index is 10.7. The summed E-state index contributed by atoms with van der Waals surface area (Å²) in [5.74, 6) is 0.344. The van der Waals surface area contributed by atoms with Crippen LogP contribution in [0.4, 0.5) is 5.69 Å². The number of ether oxygens (including phenoxy) is 3. The number of carbonyl (C=O) groups is 2. The van der Waals surface area contributed by atoms with Crippen molar-refractivity contribution in [3.8, 4) is 17.2 Å². The smallest absolute Gasteiger partial charge is 0.307 e. The standard InChI is InChI=1S/C20H18ClNO3.C10H11NO3/c1-23-18-7-3-6-15(20(18)24-2)19-16-11-13(21)8-9-17(16)22-10-4-5-14(22)12-25-19;1-7(12)11-9-4-2-8(3-5-9)6-10(13)14/h3-11,19H,12H2,1-2H3;2-5H,6H2,1H3,(H,11,12)(H,13,14)/t19-;/m1./s1. The molecule has 1 aromatic heterocycles. The first kappa shape index (κ1) is 27.8. The first-order valence-electron chi connectivity index (χ1n) is 12.2. The topological polar surface area (TPSA) is 99.0 Å². The van der Waals surface area contributed by atoms with Gasteiger partial charge in [0.2, 0.25) is 5.91 Å². The number of aromatic nitrogens is 1. The Morgan fingerprint density at radius 3 is 2.46 bits per heavy atom. The molecule has 5 rings (SSSR count). The number of carboxylic acids is 1. The number of anilines is 1. The van der Waals surface area contributed by atoms with Gasteiger partial charge < -0.3 is 29.2 Å². The zero-order valence-corrected chi connectivity index (χ0v) is 22.6. The zero-order chi connectivity index (χ0) is 27.9. The Morgan fingerprint density at radius 1 is 1.03 bits per heavy atom. The van der Waals surface area contributed by atoms with Gasteiger partial charge >= 0.3 is 5.97 Å². The van der Waals surface area contributed by atoms with Crippen molar-refractivity contribution in [2.75, 3.05) is 19.5 Å². The molecule has 1 atom stereocenters. The van der Waals surface area contributed by atoms with E-state index in [2.05, 4.69) is 16.0 Å². The van der Waals surface area contributed by atoms with E-state index in [-0.39, 0.29) is 18.4 Å². The predicted octanol–water partition coefficient (Wildman–Crippen LogP) is 6.04. The van der Waals surface area contributed by atoms with Gasteiger partial charge in [-0.1, -0.05) is 35.9 Å². The van der Waals surface area contributed by atoms with E-state index in [1.807, 2.05) is 48.7 Å². The van der Waals surface area contributed by atoms with Crippen LogP contribution in [-0.2, 0) is 27.4 Å². The number of carboxylic acid groups (broad SMARTS) is 1. The average Bonchev–Trinajstić information content (AvgIpc) is 3.32. The number of hydrogen-bond donors (Lipinski definition) is 2. The summed E-state index contributed by atoms with van der Waals surface area (Å²) in [4.78, 5) is 21.0. The van der Waals surface area contributed by atoms with E-state index < -0.39 is 5.97 Å². The number of rotatable bonds is 6. The molecule has 2 heterocycles. The van der Waals surface area contributed by atoms with E-state index in [1.165, 1.54) is 6.92 Å². The molecule has 1 aliphatic heterocycles. The van der Waals surface area contributed by atoms with E-state index in [4.69, 9.17) is 30.9 Å². The Kier molecular flexibility index (Phi) is 8.91. The highest BCUT2D eigenvalue weighted by atomic mass is 35.5. The molecule has 1 aliphatic rings. The van der Waals surface area contributed by atoms with Crippen LogP contribution in [0.1, 0.15) is 35.4 Å². The van der Waals surface area contributed by atoms with Crippen molar-refractivity contribution in [3.05, 3.63) is 106 Å².